The number of hydrogen-bond donors (Lipinski definition) is 0. The molecule has 24 heavy (non-hydrogen) atoms. The molecular formula is C22H21NS. The number of thioether (sulfide) groups is 1. The third-order valence-electron chi connectivity index (χ3n) is 4.05. The third-order valence-corrected chi connectivity index (χ3v) is 5.23. The Morgan fingerprint density at radius 3 is 2.38 bits per heavy atom. The maximum Gasteiger partial charge on any atom is 0.104 e. The summed E-state index contributed by atoms with van der Waals surface area (Å²) in [6.07, 6.45) is 1.85. The van der Waals surface area contributed by atoms with E-state index in [4.69, 9.17) is 0 Å². The topological polar surface area (TPSA) is 12.9 Å². The van der Waals surface area contributed by atoms with E-state index < -0.39 is 0 Å². The summed E-state index contributed by atoms with van der Waals surface area (Å²) in [7, 11) is 0. The number of aromatic nitrogens is 1. The lowest BCUT2D eigenvalue weighted by molar-refractivity contribution is 1.05. The van der Waals surface area contributed by atoms with Crippen LogP contribution in [0.15, 0.2) is 84.5 Å². The second kappa shape index (κ2) is 7.50. The third kappa shape index (κ3) is 3.77. The van der Waals surface area contributed by atoms with E-state index in [0.717, 1.165) is 21.7 Å². The van der Waals surface area contributed by atoms with Gasteiger partial charge in [0.25, 0.3) is 0 Å². The van der Waals surface area contributed by atoms with Crippen molar-refractivity contribution in [1.29, 1.82) is 0 Å². The zero-order valence-corrected chi connectivity index (χ0v) is 14.9. The van der Waals surface area contributed by atoms with Crippen LogP contribution in [0.2, 0.25) is 0 Å². The highest BCUT2D eigenvalue weighted by Gasteiger charge is 2.14. The van der Waals surface area contributed by atoms with Crippen molar-refractivity contribution in [2.45, 2.75) is 24.1 Å². The molecule has 1 nitrogen and oxygen atoms in total. The molecule has 0 saturated carbocycles. The van der Waals surface area contributed by atoms with Crippen LogP contribution in [0.3, 0.4) is 0 Å². The first-order valence-electron chi connectivity index (χ1n) is 8.08. The Labute approximate surface area is 148 Å². The first-order valence-corrected chi connectivity index (χ1v) is 8.96. The predicted octanol–water partition coefficient (Wildman–Crippen LogP) is 6.30. The van der Waals surface area contributed by atoms with Crippen molar-refractivity contribution in [1.82, 2.24) is 4.98 Å². The number of pyridine rings is 1. The van der Waals surface area contributed by atoms with Crippen molar-refractivity contribution >= 4 is 17.3 Å². The van der Waals surface area contributed by atoms with Crippen LogP contribution in [-0.4, -0.2) is 4.98 Å². The molecule has 0 saturated heterocycles. The summed E-state index contributed by atoms with van der Waals surface area (Å²) >= 11 is 1.78. The van der Waals surface area contributed by atoms with E-state index in [9.17, 15) is 0 Å². The second-order valence-electron chi connectivity index (χ2n) is 5.87. The van der Waals surface area contributed by atoms with E-state index in [2.05, 4.69) is 80.0 Å². The van der Waals surface area contributed by atoms with E-state index in [1.165, 1.54) is 11.1 Å². The molecule has 1 atom stereocenters. The van der Waals surface area contributed by atoms with Crippen molar-refractivity contribution < 1.29 is 0 Å². The molecule has 0 amide bonds. The van der Waals surface area contributed by atoms with Gasteiger partial charge in [0, 0.05) is 17.0 Å². The summed E-state index contributed by atoms with van der Waals surface area (Å²) in [5.41, 5.74) is 5.83. The molecule has 0 fully saturated rings. The van der Waals surface area contributed by atoms with E-state index in [-0.39, 0.29) is 0 Å². The number of hydrogen-bond acceptors (Lipinski definition) is 2. The molecule has 3 rings (SSSR count). The Morgan fingerprint density at radius 1 is 0.958 bits per heavy atom. The summed E-state index contributed by atoms with van der Waals surface area (Å²) in [4.78, 5) is 4.61. The highest BCUT2D eigenvalue weighted by Crippen LogP contribution is 2.38. The van der Waals surface area contributed by atoms with Crippen molar-refractivity contribution in [3.63, 3.8) is 0 Å². The molecule has 1 unspecified atom stereocenters. The van der Waals surface area contributed by atoms with Crippen LogP contribution in [0.5, 0.6) is 0 Å². The number of rotatable bonds is 5. The van der Waals surface area contributed by atoms with Crippen LogP contribution in [0.4, 0.5) is 0 Å². The van der Waals surface area contributed by atoms with Crippen LogP contribution in [0.1, 0.15) is 34.4 Å². The highest BCUT2D eigenvalue weighted by atomic mass is 32.2. The fourth-order valence-corrected chi connectivity index (χ4v) is 3.65. The first kappa shape index (κ1) is 16.5. The summed E-state index contributed by atoms with van der Waals surface area (Å²) in [6.45, 7) is 8.62. The van der Waals surface area contributed by atoms with E-state index in [1.807, 2.05) is 18.3 Å². The van der Waals surface area contributed by atoms with Gasteiger partial charge < -0.3 is 0 Å². The fraction of sp³-hybridized carbons (Fsp3) is 0.136. The van der Waals surface area contributed by atoms with Gasteiger partial charge in [-0.3, -0.25) is 0 Å². The van der Waals surface area contributed by atoms with Gasteiger partial charge in [-0.05, 0) is 36.6 Å². The Kier molecular flexibility index (Phi) is 5.17. The molecule has 3 aromatic rings. The van der Waals surface area contributed by atoms with Crippen LogP contribution in [0, 0.1) is 6.92 Å². The van der Waals surface area contributed by atoms with E-state index in [0.29, 0.717) is 5.25 Å². The standard InChI is InChI=1S/C22H21NS/c1-16-11-13-19(14-12-16)17(2)21-10-7-15-23-22(21)24-18(3)20-8-5-4-6-9-20/h4-15,18H,2H2,1,3H3. The number of nitrogens with zero attached hydrogens (tertiary/aromatic N) is 1. The number of benzene rings is 2. The van der Waals surface area contributed by atoms with E-state index >= 15 is 0 Å². The molecule has 0 bridgehead atoms. The first-order chi connectivity index (χ1) is 11.6. The van der Waals surface area contributed by atoms with Gasteiger partial charge >= 0.3 is 0 Å². The normalized spacial score (nSPS) is 11.9. The number of aryl methyl sites for hydroxylation is 1. The van der Waals surface area contributed by atoms with Gasteiger partial charge in [0.05, 0.1) is 0 Å². The minimum absolute atomic E-state index is 0.339. The fourth-order valence-electron chi connectivity index (χ4n) is 2.58. The van der Waals surface area contributed by atoms with Gasteiger partial charge in [0.1, 0.15) is 5.03 Å². The average molecular weight is 331 g/mol. The Bertz CT molecular complexity index is 822. The van der Waals surface area contributed by atoms with Crippen molar-refractivity contribution in [3.05, 3.63) is 102 Å². The SMILES string of the molecule is C=C(c1ccc(C)cc1)c1cccnc1SC(C)c1ccccc1. The summed E-state index contributed by atoms with van der Waals surface area (Å²) in [5, 5.41) is 1.37. The monoisotopic (exact) mass is 331 g/mol. The lowest BCUT2D eigenvalue weighted by atomic mass is 10.0. The van der Waals surface area contributed by atoms with Gasteiger partial charge in [-0.2, -0.15) is 0 Å². The maximum atomic E-state index is 4.61. The van der Waals surface area contributed by atoms with Crippen LogP contribution in [0.25, 0.3) is 5.57 Å². The van der Waals surface area contributed by atoms with Crippen LogP contribution in [-0.2, 0) is 0 Å². The van der Waals surface area contributed by atoms with Crippen molar-refractivity contribution in [2.24, 2.45) is 0 Å². The van der Waals surface area contributed by atoms with Gasteiger partial charge in [-0.1, -0.05) is 84.6 Å². The molecular weight excluding hydrogens is 310 g/mol. The Hall–Kier alpha value is -2.32. The maximum absolute atomic E-state index is 4.61. The Morgan fingerprint density at radius 2 is 1.67 bits per heavy atom. The molecule has 0 aliphatic carbocycles. The molecule has 2 heteroatoms. The van der Waals surface area contributed by atoms with Crippen molar-refractivity contribution in [3.8, 4) is 0 Å². The largest absolute Gasteiger partial charge is 0.249 e. The van der Waals surface area contributed by atoms with Gasteiger partial charge in [-0.15, -0.1) is 0 Å². The van der Waals surface area contributed by atoms with Gasteiger partial charge in [0.15, 0.2) is 0 Å². The summed E-state index contributed by atoms with van der Waals surface area (Å²) < 4.78 is 0. The highest BCUT2D eigenvalue weighted by molar-refractivity contribution is 7.99. The summed E-state index contributed by atoms with van der Waals surface area (Å²) in [5.74, 6) is 0. The molecule has 120 valence electrons. The minimum atomic E-state index is 0.339. The lowest BCUT2D eigenvalue weighted by Crippen LogP contribution is -1.95. The molecule has 0 radical (unpaired) electrons. The zero-order chi connectivity index (χ0) is 16.9. The average Bonchev–Trinajstić information content (AvgIpc) is 2.63. The van der Waals surface area contributed by atoms with Crippen LogP contribution < -0.4 is 0 Å². The molecule has 1 heterocycles. The second-order valence-corrected chi connectivity index (χ2v) is 7.20. The van der Waals surface area contributed by atoms with Crippen molar-refractivity contribution in [2.75, 3.05) is 0 Å². The molecule has 0 aliphatic rings. The molecule has 0 aliphatic heterocycles. The quantitative estimate of drug-likeness (QED) is 0.508. The Balaban J connectivity index is 1.88. The minimum Gasteiger partial charge on any atom is -0.249 e. The van der Waals surface area contributed by atoms with Crippen LogP contribution >= 0.6 is 11.8 Å². The molecule has 1 aromatic heterocycles. The molecule has 2 aromatic carbocycles. The lowest BCUT2D eigenvalue weighted by Gasteiger charge is -2.15. The smallest absolute Gasteiger partial charge is 0.104 e. The summed E-state index contributed by atoms with van der Waals surface area (Å²) in [6, 6.07) is 23.1. The predicted molar refractivity (Wildman–Crippen MR) is 104 cm³/mol. The van der Waals surface area contributed by atoms with E-state index in [1.54, 1.807) is 11.8 Å². The molecule has 0 spiro atoms. The van der Waals surface area contributed by atoms with Gasteiger partial charge in [0.2, 0.25) is 0 Å². The zero-order valence-electron chi connectivity index (χ0n) is 14.1. The molecule has 0 N–H and O–H groups in total. The van der Waals surface area contributed by atoms with Gasteiger partial charge in [-0.25, -0.2) is 4.98 Å².